The summed E-state index contributed by atoms with van der Waals surface area (Å²) in [5.74, 6) is 0.550. The molecule has 3 heterocycles. The smallest absolute Gasteiger partial charge is 0.156 e. The van der Waals surface area contributed by atoms with Crippen LogP contribution in [0.5, 0.6) is 0 Å². The van der Waals surface area contributed by atoms with Crippen LogP contribution in [-0.2, 0) is 11.2 Å². The van der Waals surface area contributed by atoms with Crippen molar-refractivity contribution in [2.75, 3.05) is 0 Å². The lowest BCUT2D eigenvalue weighted by Gasteiger charge is -2.19. The number of ketones is 1. The third-order valence-electron chi connectivity index (χ3n) is 5.20. The first kappa shape index (κ1) is 15.3. The Kier molecular flexibility index (Phi) is 3.84. The summed E-state index contributed by atoms with van der Waals surface area (Å²) < 4.78 is 2.10. The van der Waals surface area contributed by atoms with Crippen LogP contribution in [-0.4, -0.2) is 31.2 Å². The quantitative estimate of drug-likeness (QED) is 0.772. The van der Waals surface area contributed by atoms with E-state index in [2.05, 4.69) is 20.6 Å². The van der Waals surface area contributed by atoms with E-state index >= 15 is 0 Å². The highest BCUT2D eigenvalue weighted by Crippen LogP contribution is 2.32. The van der Waals surface area contributed by atoms with Crippen LogP contribution in [0.2, 0.25) is 0 Å². The van der Waals surface area contributed by atoms with Crippen molar-refractivity contribution in [3.05, 3.63) is 29.8 Å². The number of carbonyl (C=O) groups is 1. The van der Waals surface area contributed by atoms with Crippen molar-refractivity contribution in [3.8, 4) is 0 Å². The van der Waals surface area contributed by atoms with E-state index in [1.54, 1.807) is 6.20 Å². The Morgan fingerprint density at radius 1 is 1.42 bits per heavy atom. The third-order valence-corrected chi connectivity index (χ3v) is 5.20. The molecule has 6 heteroatoms. The molecule has 126 valence electrons. The van der Waals surface area contributed by atoms with Crippen LogP contribution in [0.1, 0.15) is 56.2 Å². The number of hydrogen-bond acceptors (Lipinski definition) is 4. The van der Waals surface area contributed by atoms with Gasteiger partial charge in [-0.2, -0.15) is 0 Å². The summed E-state index contributed by atoms with van der Waals surface area (Å²) in [5.41, 5.74) is 10.8. The summed E-state index contributed by atoms with van der Waals surface area (Å²) in [5, 5.41) is 0. The van der Waals surface area contributed by atoms with Gasteiger partial charge in [-0.05, 0) is 31.7 Å². The van der Waals surface area contributed by atoms with Crippen molar-refractivity contribution >= 4 is 22.6 Å². The molecule has 1 unspecified atom stereocenters. The van der Waals surface area contributed by atoms with E-state index < -0.39 is 6.04 Å². The fourth-order valence-electron chi connectivity index (χ4n) is 3.75. The molecule has 6 nitrogen and oxygen atoms in total. The van der Waals surface area contributed by atoms with Gasteiger partial charge in [-0.25, -0.2) is 9.97 Å². The van der Waals surface area contributed by atoms with E-state index in [-0.39, 0.29) is 5.78 Å². The van der Waals surface area contributed by atoms with Crippen LogP contribution in [0.4, 0.5) is 0 Å². The average Bonchev–Trinajstić information content (AvgIpc) is 3.19. The summed E-state index contributed by atoms with van der Waals surface area (Å²) >= 11 is 0. The molecular formula is C18H23N5O. The Bertz CT molecular complexity index is 887. The number of hydrogen-bond donors (Lipinski definition) is 2. The predicted octanol–water partition coefficient (Wildman–Crippen LogP) is 2.72. The lowest BCUT2D eigenvalue weighted by molar-refractivity contribution is -0.118. The van der Waals surface area contributed by atoms with Crippen molar-refractivity contribution in [3.63, 3.8) is 0 Å². The van der Waals surface area contributed by atoms with Gasteiger partial charge in [-0.3, -0.25) is 9.20 Å². The lowest BCUT2D eigenvalue weighted by Crippen LogP contribution is -2.30. The molecular weight excluding hydrogens is 302 g/mol. The molecule has 3 N–H and O–H groups in total. The van der Waals surface area contributed by atoms with Gasteiger partial charge in [0, 0.05) is 18.3 Å². The number of aromatic amines is 1. The Balaban J connectivity index is 1.79. The number of nitrogens with one attached hydrogen (secondary N) is 1. The number of nitrogens with two attached hydrogens (primary N) is 1. The average molecular weight is 325 g/mol. The second kappa shape index (κ2) is 6.02. The highest BCUT2D eigenvalue weighted by Gasteiger charge is 2.20. The molecule has 3 aromatic rings. The Morgan fingerprint density at radius 3 is 2.96 bits per heavy atom. The zero-order valence-corrected chi connectivity index (χ0v) is 14.0. The normalized spacial score (nSPS) is 17.6. The van der Waals surface area contributed by atoms with Crippen LogP contribution in [0.3, 0.4) is 0 Å². The molecule has 3 aromatic heterocycles. The van der Waals surface area contributed by atoms with Gasteiger partial charge < -0.3 is 10.7 Å². The first-order valence-electron chi connectivity index (χ1n) is 8.73. The van der Waals surface area contributed by atoms with Crippen molar-refractivity contribution in [1.82, 2.24) is 19.4 Å². The summed E-state index contributed by atoms with van der Waals surface area (Å²) in [6.07, 6.45) is 12.7. The maximum Gasteiger partial charge on any atom is 0.156 e. The number of Topliss-reactive ketones (excluding diaryl/α,β-unsaturated/α-hetero) is 1. The number of carbonyl (C=O) groups excluding carboxylic acids is 1. The maximum atomic E-state index is 11.5. The highest BCUT2D eigenvalue weighted by molar-refractivity contribution is 5.83. The van der Waals surface area contributed by atoms with Crippen molar-refractivity contribution in [2.24, 2.45) is 5.73 Å². The van der Waals surface area contributed by atoms with Crippen molar-refractivity contribution in [2.45, 2.75) is 57.4 Å². The minimum atomic E-state index is -0.486. The van der Waals surface area contributed by atoms with Crippen molar-refractivity contribution < 1.29 is 4.79 Å². The molecule has 24 heavy (non-hydrogen) atoms. The standard InChI is InChI=1S/C18H23N5O/c1-11(24)14(19)7-13-8-20-18-17(13)23-10-15(22-16(23)9-21-18)12-5-3-2-4-6-12/h8-10,12,14,20H,2-7,19H2,1H3. The Labute approximate surface area is 140 Å². The molecule has 1 aliphatic rings. The number of nitrogens with zero attached hydrogens (tertiary/aromatic N) is 3. The minimum absolute atomic E-state index is 0.00184. The predicted molar refractivity (Wildman–Crippen MR) is 93.0 cm³/mol. The molecule has 0 aromatic carbocycles. The third kappa shape index (κ3) is 2.60. The van der Waals surface area contributed by atoms with Gasteiger partial charge in [0.15, 0.2) is 11.3 Å². The van der Waals surface area contributed by atoms with Gasteiger partial charge in [0.05, 0.1) is 23.4 Å². The second-order valence-electron chi connectivity index (χ2n) is 6.92. The van der Waals surface area contributed by atoms with Crippen LogP contribution < -0.4 is 5.73 Å². The van der Waals surface area contributed by atoms with E-state index in [0.717, 1.165) is 28.1 Å². The molecule has 1 fully saturated rings. The van der Waals surface area contributed by atoms with Gasteiger partial charge in [0.2, 0.25) is 0 Å². The monoisotopic (exact) mass is 325 g/mol. The van der Waals surface area contributed by atoms with Crippen LogP contribution >= 0.6 is 0 Å². The lowest BCUT2D eigenvalue weighted by atomic mass is 9.87. The van der Waals surface area contributed by atoms with Crippen LogP contribution in [0.15, 0.2) is 18.6 Å². The fourth-order valence-corrected chi connectivity index (χ4v) is 3.75. The second-order valence-corrected chi connectivity index (χ2v) is 6.92. The summed E-state index contributed by atoms with van der Waals surface area (Å²) in [6.45, 7) is 1.53. The molecule has 1 aliphatic carbocycles. The topological polar surface area (TPSA) is 89.1 Å². The SMILES string of the molecule is CC(=O)C(N)Cc1c[nH]c2ncc3nc(C4CCCCC4)cn3c12. The molecule has 1 saturated carbocycles. The number of aromatic nitrogens is 4. The fraction of sp³-hybridized carbons (Fsp3) is 0.500. The highest BCUT2D eigenvalue weighted by atomic mass is 16.1. The molecule has 0 amide bonds. The molecule has 0 aliphatic heterocycles. The van der Waals surface area contributed by atoms with Gasteiger partial charge in [0.1, 0.15) is 5.78 Å². The van der Waals surface area contributed by atoms with Crippen LogP contribution in [0, 0.1) is 0 Å². The number of rotatable bonds is 4. The van der Waals surface area contributed by atoms with Crippen LogP contribution in [0.25, 0.3) is 16.8 Å². The Morgan fingerprint density at radius 2 is 2.21 bits per heavy atom. The molecule has 0 radical (unpaired) electrons. The zero-order valence-electron chi connectivity index (χ0n) is 14.0. The molecule has 4 rings (SSSR count). The zero-order chi connectivity index (χ0) is 16.7. The van der Waals surface area contributed by atoms with Gasteiger partial charge in [0.25, 0.3) is 0 Å². The molecule has 0 spiro atoms. The van der Waals surface area contributed by atoms with Gasteiger partial charge >= 0.3 is 0 Å². The molecule has 1 atom stereocenters. The van der Waals surface area contributed by atoms with E-state index in [4.69, 9.17) is 10.7 Å². The first-order chi connectivity index (χ1) is 11.6. The number of fused-ring (bicyclic) bond motifs is 3. The number of H-pyrrole nitrogens is 1. The summed E-state index contributed by atoms with van der Waals surface area (Å²) in [7, 11) is 0. The minimum Gasteiger partial charge on any atom is -0.345 e. The maximum absolute atomic E-state index is 11.5. The van der Waals surface area contributed by atoms with E-state index in [9.17, 15) is 4.79 Å². The molecule has 0 bridgehead atoms. The largest absolute Gasteiger partial charge is 0.345 e. The summed E-state index contributed by atoms with van der Waals surface area (Å²) in [6, 6.07) is -0.486. The Hall–Kier alpha value is -2.21. The van der Waals surface area contributed by atoms with Gasteiger partial charge in [-0.1, -0.05) is 19.3 Å². The summed E-state index contributed by atoms with van der Waals surface area (Å²) in [4.78, 5) is 24.0. The van der Waals surface area contributed by atoms with E-state index in [0.29, 0.717) is 12.3 Å². The van der Waals surface area contributed by atoms with Gasteiger partial charge in [-0.15, -0.1) is 0 Å². The first-order valence-corrected chi connectivity index (χ1v) is 8.73. The van der Waals surface area contributed by atoms with E-state index in [1.165, 1.54) is 39.0 Å². The van der Waals surface area contributed by atoms with Crippen molar-refractivity contribution in [1.29, 1.82) is 0 Å². The van der Waals surface area contributed by atoms with E-state index in [1.807, 2.05) is 6.20 Å². The number of imidazole rings is 1. The molecule has 0 saturated heterocycles.